The van der Waals surface area contributed by atoms with E-state index >= 15 is 0 Å². The summed E-state index contributed by atoms with van der Waals surface area (Å²) in [6, 6.07) is 18.9. The van der Waals surface area contributed by atoms with Crippen LogP contribution in [-0.4, -0.2) is 77.2 Å². The first-order chi connectivity index (χ1) is 18.1. The highest BCUT2D eigenvalue weighted by molar-refractivity contribution is 5.99. The van der Waals surface area contributed by atoms with E-state index in [0.29, 0.717) is 26.1 Å². The first-order valence-electron chi connectivity index (χ1n) is 14.0. The number of benzene rings is 2. The number of carbonyl (C=O) groups excluding carboxylic acids is 2. The van der Waals surface area contributed by atoms with E-state index in [1.807, 2.05) is 75.4 Å². The smallest absolute Gasteiger partial charge is 0.329 e. The molecule has 0 aliphatic carbocycles. The molecule has 1 heterocycles. The lowest BCUT2D eigenvalue weighted by atomic mass is 10.1. The van der Waals surface area contributed by atoms with Crippen LogP contribution in [0.15, 0.2) is 60.7 Å². The fraction of sp³-hybridized carbons (Fsp3) is 0.533. The van der Waals surface area contributed by atoms with Gasteiger partial charge in [-0.25, -0.2) is 9.59 Å². The number of carbonyl (C=O) groups is 2. The number of nitrogens with zero attached hydrogens (tertiary/aromatic N) is 4. The first-order valence-corrected chi connectivity index (χ1v) is 14.0. The number of unbranched alkanes of at least 4 members (excludes halogenated alkanes) is 4. The van der Waals surface area contributed by atoms with Crippen LogP contribution in [0.25, 0.3) is 0 Å². The number of aliphatic hydroxyl groups is 1. The Balaban J connectivity index is 1.78. The van der Waals surface area contributed by atoms with E-state index in [0.717, 1.165) is 63.0 Å². The molecule has 1 fully saturated rings. The Bertz CT molecular complexity index is 891. The number of hydrogen-bond acceptors (Lipinski definition) is 3. The van der Waals surface area contributed by atoms with Gasteiger partial charge in [0, 0.05) is 39.3 Å². The zero-order valence-electron chi connectivity index (χ0n) is 22.6. The van der Waals surface area contributed by atoms with Crippen molar-refractivity contribution in [2.24, 2.45) is 0 Å². The van der Waals surface area contributed by atoms with Crippen LogP contribution in [-0.2, 0) is 0 Å². The van der Waals surface area contributed by atoms with Gasteiger partial charge < -0.3 is 19.8 Å². The predicted molar refractivity (Wildman–Crippen MR) is 150 cm³/mol. The summed E-state index contributed by atoms with van der Waals surface area (Å²) in [6.07, 6.45) is 6.92. The summed E-state index contributed by atoms with van der Waals surface area (Å²) < 4.78 is 0. The number of rotatable bonds is 12. The minimum absolute atomic E-state index is 0.0378. The highest BCUT2D eigenvalue weighted by atomic mass is 16.3. The highest BCUT2D eigenvalue weighted by Crippen LogP contribution is 2.28. The maximum atomic E-state index is 14.0. The lowest BCUT2D eigenvalue weighted by Gasteiger charge is -2.44. The van der Waals surface area contributed by atoms with Crippen molar-refractivity contribution in [3.05, 3.63) is 60.7 Å². The molecular formula is C30H44N4O3. The monoisotopic (exact) mass is 508 g/mol. The summed E-state index contributed by atoms with van der Waals surface area (Å²) in [7, 11) is 0. The van der Waals surface area contributed by atoms with E-state index in [1.54, 1.807) is 4.90 Å². The summed E-state index contributed by atoms with van der Waals surface area (Å²) in [5, 5.41) is 9.85. The number of anilines is 2. The molecule has 2 aromatic carbocycles. The fourth-order valence-electron chi connectivity index (χ4n) is 4.94. The van der Waals surface area contributed by atoms with Crippen molar-refractivity contribution >= 4 is 23.4 Å². The van der Waals surface area contributed by atoms with Crippen molar-refractivity contribution in [2.75, 3.05) is 44.2 Å². The van der Waals surface area contributed by atoms with Gasteiger partial charge in [0.2, 0.25) is 0 Å². The highest BCUT2D eigenvalue weighted by Gasteiger charge is 2.36. The van der Waals surface area contributed by atoms with E-state index in [9.17, 15) is 14.7 Å². The minimum atomic E-state index is -0.252. The average molecular weight is 509 g/mol. The molecule has 4 amide bonds. The molecule has 1 aliphatic heterocycles. The molecule has 1 aliphatic rings. The zero-order chi connectivity index (χ0) is 26.5. The standard InChI is InChI=1S/C30H44N4O3/c1-3-5-13-20-31(21-14-6-4-2)29(36)32-22-23-33(28(25-32)19-24-35)30(37)34(26-15-9-7-10-16-26)27-17-11-8-12-18-27/h7-12,15-18,28,35H,3-6,13-14,19-25H2,1-2H3. The van der Waals surface area contributed by atoms with Gasteiger partial charge in [-0.3, -0.25) is 4.90 Å². The quantitative estimate of drug-likeness (QED) is 0.352. The van der Waals surface area contributed by atoms with Crippen LogP contribution in [0.5, 0.6) is 0 Å². The topological polar surface area (TPSA) is 67.3 Å². The van der Waals surface area contributed by atoms with Gasteiger partial charge in [0.1, 0.15) is 0 Å². The summed E-state index contributed by atoms with van der Waals surface area (Å²) in [5.41, 5.74) is 1.58. The third-order valence-corrected chi connectivity index (χ3v) is 7.02. The van der Waals surface area contributed by atoms with Crippen molar-refractivity contribution in [2.45, 2.75) is 64.8 Å². The molecule has 1 saturated heterocycles. The molecule has 0 bridgehead atoms. The normalized spacial score (nSPS) is 15.5. The number of urea groups is 2. The Morgan fingerprint density at radius 1 is 0.811 bits per heavy atom. The molecule has 7 nitrogen and oxygen atoms in total. The van der Waals surface area contributed by atoms with Crippen molar-refractivity contribution in [1.29, 1.82) is 0 Å². The van der Waals surface area contributed by atoms with Gasteiger partial charge in [0.15, 0.2) is 0 Å². The SMILES string of the molecule is CCCCCN(CCCCC)C(=O)N1CCN(C(=O)N(c2ccccc2)c2ccccc2)C(CCO)C1. The Morgan fingerprint density at radius 2 is 1.35 bits per heavy atom. The molecule has 1 unspecified atom stereocenters. The Kier molecular flexibility index (Phi) is 11.8. The molecule has 0 radical (unpaired) electrons. The number of aliphatic hydroxyl groups excluding tert-OH is 1. The molecule has 0 spiro atoms. The maximum Gasteiger partial charge on any atom is 0.329 e. The molecule has 0 saturated carbocycles. The van der Waals surface area contributed by atoms with Crippen molar-refractivity contribution in [3.8, 4) is 0 Å². The predicted octanol–water partition coefficient (Wildman–Crippen LogP) is 6.12. The molecule has 202 valence electrons. The lowest BCUT2D eigenvalue weighted by Crippen LogP contribution is -2.60. The minimum Gasteiger partial charge on any atom is -0.396 e. The second kappa shape index (κ2) is 15.3. The van der Waals surface area contributed by atoms with Crippen LogP contribution in [0.4, 0.5) is 21.0 Å². The first kappa shape index (κ1) is 28.5. The molecule has 1 N–H and O–H groups in total. The third kappa shape index (κ3) is 7.96. The van der Waals surface area contributed by atoms with Crippen molar-refractivity contribution in [1.82, 2.24) is 14.7 Å². The van der Waals surface area contributed by atoms with E-state index in [1.165, 1.54) is 0 Å². The van der Waals surface area contributed by atoms with Gasteiger partial charge in [0.05, 0.1) is 17.4 Å². The van der Waals surface area contributed by atoms with Gasteiger partial charge in [-0.05, 0) is 43.5 Å². The van der Waals surface area contributed by atoms with Gasteiger partial charge in [-0.2, -0.15) is 0 Å². The molecule has 1 atom stereocenters. The summed E-state index contributed by atoms with van der Waals surface area (Å²) in [5.74, 6) is 0. The number of hydrogen-bond donors (Lipinski definition) is 1. The van der Waals surface area contributed by atoms with Crippen molar-refractivity contribution < 1.29 is 14.7 Å². The van der Waals surface area contributed by atoms with Gasteiger partial charge in [-0.1, -0.05) is 75.9 Å². The Morgan fingerprint density at radius 3 is 1.84 bits per heavy atom. The van der Waals surface area contributed by atoms with Crippen LogP contribution < -0.4 is 4.90 Å². The lowest BCUT2D eigenvalue weighted by molar-refractivity contribution is 0.0804. The van der Waals surface area contributed by atoms with Gasteiger partial charge in [-0.15, -0.1) is 0 Å². The Hall–Kier alpha value is -3.06. The summed E-state index contributed by atoms with van der Waals surface area (Å²) in [4.78, 5) is 35.0. The largest absolute Gasteiger partial charge is 0.396 e. The molecular weight excluding hydrogens is 464 g/mol. The molecule has 37 heavy (non-hydrogen) atoms. The van der Waals surface area contributed by atoms with E-state index in [-0.39, 0.29) is 24.7 Å². The second-order valence-corrected chi connectivity index (χ2v) is 9.78. The number of amides is 4. The Labute approximate surface area is 222 Å². The summed E-state index contributed by atoms with van der Waals surface area (Å²) in [6.45, 7) is 7.21. The van der Waals surface area contributed by atoms with E-state index in [2.05, 4.69) is 13.8 Å². The number of para-hydroxylation sites is 2. The zero-order valence-corrected chi connectivity index (χ0v) is 22.6. The van der Waals surface area contributed by atoms with Gasteiger partial charge >= 0.3 is 12.1 Å². The van der Waals surface area contributed by atoms with Crippen LogP contribution in [0.3, 0.4) is 0 Å². The van der Waals surface area contributed by atoms with Crippen molar-refractivity contribution in [3.63, 3.8) is 0 Å². The van der Waals surface area contributed by atoms with Crippen LogP contribution >= 0.6 is 0 Å². The third-order valence-electron chi connectivity index (χ3n) is 7.02. The molecule has 3 rings (SSSR count). The molecule has 0 aromatic heterocycles. The van der Waals surface area contributed by atoms with Crippen LogP contribution in [0, 0.1) is 0 Å². The van der Waals surface area contributed by atoms with Crippen LogP contribution in [0.1, 0.15) is 58.8 Å². The van der Waals surface area contributed by atoms with E-state index in [4.69, 9.17) is 0 Å². The average Bonchev–Trinajstić information content (AvgIpc) is 2.93. The fourth-order valence-corrected chi connectivity index (χ4v) is 4.94. The van der Waals surface area contributed by atoms with Gasteiger partial charge in [0.25, 0.3) is 0 Å². The van der Waals surface area contributed by atoms with E-state index < -0.39 is 0 Å². The maximum absolute atomic E-state index is 14.0. The number of piperazine rings is 1. The summed E-state index contributed by atoms with van der Waals surface area (Å²) >= 11 is 0. The second-order valence-electron chi connectivity index (χ2n) is 9.78. The molecule has 7 heteroatoms. The molecule has 2 aromatic rings. The van der Waals surface area contributed by atoms with Crippen LogP contribution in [0.2, 0.25) is 0 Å².